The smallest absolute Gasteiger partial charge is 0.253 e. The van der Waals surface area contributed by atoms with Gasteiger partial charge in [0.25, 0.3) is 5.91 Å². The maximum absolute atomic E-state index is 13.6. The number of benzene rings is 2. The van der Waals surface area contributed by atoms with Gasteiger partial charge in [-0.25, -0.2) is 4.39 Å². The summed E-state index contributed by atoms with van der Waals surface area (Å²) in [5, 5.41) is 3.18. The van der Waals surface area contributed by atoms with E-state index in [1.54, 1.807) is 11.0 Å². The van der Waals surface area contributed by atoms with E-state index in [9.17, 15) is 14.0 Å². The van der Waals surface area contributed by atoms with Crippen molar-refractivity contribution in [2.75, 3.05) is 13.1 Å². The zero-order chi connectivity index (χ0) is 19.0. The molecule has 4 rings (SSSR count). The third-order valence-electron chi connectivity index (χ3n) is 5.68. The topological polar surface area (TPSA) is 49.4 Å². The first-order chi connectivity index (χ1) is 13.0. The fourth-order valence-electron chi connectivity index (χ4n) is 4.12. The van der Waals surface area contributed by atoms with Crippen LogP contribution in [0.5, 0.6) is 0 Å². The summed E-state index contributed by atoms with van der Waals surface area (Å²) >= 11 is 5.69. The molecule has 1 spiro atoms. The average molecular weight is 387 g/mol. The molecule has 0 unspecified atom stereocenters. The Labute approximate surface area is 162 Å². The summed E-state index contributed by atoms with van der Waals surface area (Å²) in [5.41, 5.74) is 1.06. The molecule has 2 amide bonds. The first-order valence-corrected chi connectivity index (χ1v) is 9.47. The molecule has 2 aliphatic rings. The highest BCUT2D eigenvalue weighted by Crippen LogP contribution is 2.39. The normalized spacial score (nSPS) is 21.3. The Hall–Kier alpha value is -2.40. The van der Waals surface area contributed by atoms with Crippen LogP contribution in [0.15, 0.2) is 48.5 Å². The fourth-order valence-corrected chi connectivity index (χ4v) is 4.23. The van der Waals surface area contributed by atoms with E-state index in [0.29, 0.717) is 31.5 Å². The molecule has 0 aliphatic carbocycles. The molecule has 2 fully saturated rings. The molecule has 1 atom stereocenters. The van der Waals surface area contributed by atoms with Crippen LogP contribution >= 0.6 is 11.6 Å². The Bertz CT molecular complexity index is 879. The van der Waals surface area contributed by atoms with Gasteiger partial charge in [0, 0.05) is 24.2 Å². The van der Waals surface area contributed by atoms with Crippen molar-refractivity contribution in [1.29, 1.82) is 0 Å². The van der Waals surface area contributed by atoms with Gasteiger partial charge in [-0.2, -0.15) is 0 Å². The first kappa shape index (κ1) is 18.0. The van der Waals surface area contributed by atoms with Crippen molar-refractivity contribution in [1.82, 2.24) is 10.2 Å². The largest absolute Gasteiger partial charge is 0.350 e. The van der Waals surface area contributed by atoms with E-state index in [1.807, 2.05) is 30.3 Å². The van der Waals surface area contributed by atoms with E-state index in [0.717, 1.165) is 12.0 Å². The molecule has 4 nitrogen and oxygen atoms in total. The molecular formula is C21H20ClFN2O2. The summed E-state index contributed by atoms with van der Waals surface area (Å²) in [7, 11) is 0. The van der Waals surface area contributed by atoms with Gasteiger partial charge in [-0.15, -0.1) is 0 Å². The van der Waals surface area contributed by atoms with Crippen LogP contribution in [0.25, 0.3) is 0 Å². The third-order valence-corrected chi connectivity index (χ3v) is 5.98. The van der Waals surface area contributed by atoms with Gasteiger partial charge in [0.2, 0.25) is 5.91 Å². The molecule has 0 aromatic heterocycles. The Balaban J connectivity index is 1.43. The Kier molecular flexibility index (Phi) is 4.64. The van der Waals surface area contributed by atoms with Gasteiger partial charge < -0.3 is 10.2 Å². The SMILES string of the molecule is O=C1NC2(CCN(C(=O)c3ccc(Cl)c(F)c3)CC2)C[C@@H]1c1ccccc1. The van der Waals surface area contributed by atoms with Crippen LogP contribution in [-0.4, -0.2) is 35.3 Å². The summed E-state index contributed by atoms with van der Waals surface area (Å²) in [6.45, 7) is 1.07. The summed E-state index contributed by atoms with van der Waals surface area (Å²) in [6, 6.07) is 13.9. The molecule has 0 bridgehead atoms. The van der Waals surface area contributed by atoms with Crippen LogP contribution in [0.4, 0.5) is 4.39 Å². The molecule has 2 saturated heterocycles. The quantitative estimate of drug-likeness (QED) is 0.854. The number of halogens is 2. The third kappa shape index (κ3) is 3.44. The minimum atomic E-state index is -0.593. The van der Waals surface area contributed by atoms with Gasteiger partial charge >= 0.3 is 0 Å². The molecule has 2 aliphatic heterocycles. The highest BCUT2D eigenvalue weighted by atomic mass is 35.5. The lowest BCUT2D eigenvalue weighted by atomic mass is 9.82. The standard InChI is InChI=1S/C21H20ClFN2O2/c22-17-7-6-15(12-18(17)23)20(27)25-10-8-21(9-11-25)13-16(19(26)24-21)14-4-2-1-3-5-14/h1-7,12,16H,8-11,13H2,(H,24,26)/t16-/m1/s1. The Morgan fingerprint density at radius 1 is 1.15 bits per heavy atom. The number of amides is 2. The first-order valence-electron chi connectivity index (χ1n) is 9.09. The summed E-state index contributed by atoms with van der Waals surface area (Å²) in [4.78, 5) is 26.9. The van der Waals surface area contributed by atoms with Crippen molar-refractivity contribution in [3.05, 3.63) is 70.5 Å². The van der Waals surface area contributed by atoms with Crippen molar-refractivity contribution >= 4 is 23.4 Å². The van der Waals surface area contributed by atoms with Gasteiger partial charge in [-0.1, -0.05) is 41.9 Å². The molecular weight excluding hydrogens is 367 g/mol. The molecule has 27 heavy (non-hydrogen) atoms. The number of likely N-dealkylation sites (tertiary alicyclic amines) is 1. The molecule has 1 N–H and O–H groups in total. The second kappa shape index (κ2) is 6.97. The highest BCUT2D eigenvalue weighted by molar-refractivity contribution is 6.30. The minimum Gasteiger partial charge on any atom is -0.350 e. The van der Waals surface area contributed by atoms with Gasteiger partial charge in [-0.05, 0) is 43.0 Å². The number of rotatable bonds is 2. The summed E-state index contributed by atoms with van der Waals surface area (Å²) < 4.78 is 13.6. The number of hydrogen-bond donors (Lipinski definition) is 1. The number of carbonyl (C=O) groups is 2. The van der Waals surface area contributed by atoms with E-state index < -0.39 is 5.82 Å². The molecule has 0 saturated carbocycles. The Morgan fingerprint density at radius 3 is 2.52 bits per heavy atom. The monoisotopic (exact) mass is 386 g/mol. The fraction of sp³-hybridized carbons (Fsp3) is 0.333. The van der Waals surface area contributed by atoms with Gasteiger partial charge in [-0.3, -0.25) is 9.59 Å². The molecule has 2 heterocycles. The van der Waals surface area contributed by atoms with Crippen LogP contribution in [0, 0.1) is 5.82 Å². The zero-order valence-electron chi connectivity index (χ0n) is 14.8. The highest BCUT2D eigenvalue weighted by Gasteiger charge is 2.46. The molecule has 140 valence electrons. The van der Waals surface area contributed by atoms with Crippen molar-refractivity contribution in [2.24, 2.45) is 0 Å². The van der Waals surface area contributed by atoms with Crippen molar-refractivity contribution in [3.63, 3.8) is 0 Å². The van der Waals surface area contributed by atoms with Gasteiger partial charge in [0.1, 0.15) is 5.82 Å². The predicted octanol–water partition coefficient (Wildman–Crippen LogP) is 3.76. The minimum absolute atomic E-state index is 0.00442. The van der Waals surface area contributed by atoms with Crippen molar-refractivity contribution < 1.29 is 14.0 Å². The molecule has 2 aromatic carbocycles. The van der Waals surface area contributed by atoms with Crippen LogP contribution in [0.1, 0.15) is 41.1 Å². The van der Waals surface area contributed by atoms with Crippen molar-refractivity contribution in [2.45, 2.75) is 30.7 Å². The lowest BCUT2D eigenvalue weighted by Crippen LogP contribution is -2.52. The van der Waals surface area contributed by atoms with Crippen LogP contribution in [0.2, 0.25) is 5.02 Å². The van der Waals surface area contributed by atoms with Gasteiger partial charge in [0.15, 0.2) is 0 Å². The molecule has 6 heteroatoms. The predicted molar refractivity (Wildman–Crippen MR) is 101 cm³/mol. The zero-order valence-corrected chi connectivity index (χ0v) is 15.5. The van der Waals surface area contributed by atoms with E-state index in [4.69, 9.17) is 11.6 Å². The van der Waals surface area contributed by atoms with Crippen LogP contribution < -0.4 is 5.32 Å². The van der Waals surface area contributed by atoms with Crippen LogP contribution in [-0.2, 0) is 4.79 Å². The lowest BCUT2D eigenvalue weighted by molar-refractivity contribution is -0.121. The van der Waals surface area contributed by atoms with Gasteiger partial charge in [0.05, 0.1) is 10.9 Å². The summed E-state index contributed by atoms with van der Waals surface area (Å²) in [6.07, 6.45) is 2.14. The second-order valence-electron chi connectivity index (χ2n) is 7.36. The van der Waals surface area contributed by atoms with Crippen molar-refractivity contribution in [3.8, 4) is 0 Å². The van der Waals surface area contributed by atoms with E-state index in [1.165, 1.54) is 12.1 Å². The Morgan fingerprint density at radius 2 is 1.85 bits per heavy atom. The average Bonchev–Trinajstić information content (AvgIpc) is 3.00. The maximum atomic E-state index is 13.6. The molecule has 2 aromatic rings. The summed E-state index contributed by atoms with van der Waals surface area (Å²) in [5.74, 6) is -0.881. The maximum Gasteiger partial charge on any atom is 0.253 e. The number of nitrogens with one attached hydrogen (secondary N) is 1. The lowest BCUT2D eigenvalue weighted by Gasteiger charge is -2.39. The van der Waals surface area contributed by atoms with Crippen LogP contribution in [0.3, 0.4) is 0 Å². The number of hydrogen-bond acceptors (Lipinski definition) is 2. The number of carbonyl (C=O) groups excluding carboxylic acids is 2. The second-order valence-corrected chi connectivity index (χ2v) is 7.77. The van der Waals surface area contributed by atoms with E-state index >= 15 is 0 Å². The van der Waals surface area contributed by atoms with E-state index in [-0.39, 0.29) is 28.3 Å². The molecule has 0 radical (unpaired) electrons. The van der Waals surface area contributed by atoms with E-state index in [2.05, 4.69) is 5.32 Å². The number of nitrogens with zero attached hydrogens (tertiary/aromatic N) is 1. The number of piperidine rings is 1.